The monoisotopic (exact) mass is 367 g/mol. The first-order valence-electron chi connectivity index (χ1n) is 10.1. The Morgan fingerprint density at radius 1 is 1.33 bits per heavy atom. The average Bonchev–Trinajstić information content (AvgIpc) is 3.30. The largest absolute Gasteiger partial charge is 0.383 e. The lowest BCUT2D eigenvalue weighted by Crippen LogP contribution is -2.32. The minimum Gasteiger partial charge on any atom is -0.383 e. The van der Waals surface area contributed by atoms with Gasteiger partial charge in [-0.15, -0.1) is 0 Å². The maximum absolute atomic E-state index is 12.4. The van der Waals surface area contributed by atoms with E-state index in [4.69, 9.17) is 5.73 Å². The highest BCUT2D eigenvalue weighted by atomic mass is 16.1. The van der Waals surface area contributed by atoms with E-state index < -0.39 is 0 Å². The summed E-state index contributed by atoms with van der Waals surface area (Å²) in [5, 5.41) is 4.17. The number of fused-ring (bicyclic) bond motifs is 1. The van der Waals surface area contributed by atoms with Crippen LogP contribution in [0.25, 0.3) is 10.9 Å². The van der Waals surface area contributed by atoms with E-state index >= 15 is 0 Å². The van der Waals surface area contributed by atoms with E-state index in [1.54, 1.807) is 0 Å². The van der Waals surface area contributed by atoms with Crippen LogP contribution in [0.4, 0.5) is 5.82 Å². The van der Waals surface area contributed by atoms with Gasteiger partial charge in [-0.3, -0.25) is 4.79 Å². The summed E-state index contributed by atoms with van der Waals surface area (Å²) in [6.07, 6.45) is 2.85. The molecule has 1 amide bonds. The van der Waals surface area contributed by atoms with Gasteiger partial charge in [0.2, 0.25) is 5.91 Å². The minimum atomic E-state index is -0.127. The third-order valence-electron chi connectivity index (χ3n) is 5.64. The highest BCUT2D eigenvalue weighted by molar-refractivity contribution is 5.83. The molecule has 4 heteroatoms. The van der Waals surface area contributed by atoms with Crippen LogP contribution >= 0.6 is 0 Å². The molecule has 2 aromatic rings. The van der Waals surface area contributed by atoms with Gasteiger partial charge in [0.1, 0.15) is 5.82 Å². The molecule has 27 heavy (non-hydrogen) atoms. The van der Waals surface area contributed by atoms with Crippen LogP contribution in [0.3, 0.4) is 0 Å². The summed E-state index contributed by atoms with van der Waals surface area (Å²) in [6.45, 7) is 11.5. The molecule has 0 saturated heterocycles. The second-order valence-corrected chi connectivity index (χ2v) is 9.51. The summed E-state index contributed by atoms with van der Waals surface area (Å²) in [4.78, 5) is 17.0. The number of carbonyl (C=O) groups excluding carboxylic acids is 1. The van der Waals surface area contributed by atoms with E-state index in [9.17, 15) is 4.79 Å². The highest BCUT2D eigenvalue weighted by Crippen LogP contribution is 2.47. The number of hydrogen-bond acceptors (Lipinski definition) is 3. The van der Waals surface area contributed by atoms with E-state index in [0.29, 0.717) is 24.7 Å². The van der Waals surface area contributed by atoms with Crippen molar-refractivity contribution in [2.45, 2.75) is 59.8 Å². The third kappa shape index (κ3) is 5.00. The molecule has 3 N–H and O–H groups in total. The fourth-order valence-corrected chi connectivity index (χ4v) is 3.59. The Bertz CT molecular complexity index is 837. The van der Waals surface area contributed by atoms with Crippen molar-refractivity contribution in [2.75, 3.05) is 12.3 Å². The van der Waals surface area contributed by atoms with Crippen LogP contribution in [0.1, 0.15) is 64.5 Å². The predicted octanol–water partition coefficient (Wildman–Crippen LogP) is 4.67. The zero-order chi connectivity index (χ0) is 19.8. The van der Waals surface area contributed by atoms with Crippen LogP contribution in [-0.2, 0) is 11.2 Å². The van der Waals surface area contributed by atoms with Crippen LogP contribution in [-0.4, -0.2) is 17.4 Å². The zero-order valence-electron chi connectivity index (χ0n) is 17.3. The quantitative estimate of drug-likeness (QED) is 0.779. The molecule has 0 bridgehead atoms. The number of pyridine rings is 1. The van der Waals surface area contributed by atoms with E-state index in [0.717, 1.165) is 28.8 Å². The van der Waals surface area contributed by atoms with E-state index in [1.807, 2.05) is 6.92 Å². The minimum absolute atomic E-state index is 0.0827. The number of hydrogen-bond donors (Lipinski definition) is 2. The van der Waals surface area contributed by atoms with Crippen LogP contribution in [0, 0.1) is 17.3 Å². The third-order valence-corrected chi connectivity index (χ3v) is 5.64. The van der Waals surface area contributed by atoms with E-state index in [1.165, 1.54) is 12.0 Å². The molecule has 0 spiro atoms. The van der Waals surface area contributed by atoms with Crippen molar-refractivity contribution >= 4 is 22.6 Å². The highest BCUT2D eigenvalue weighted by Gasteiger charge is 2.33. The van der Waals surface area contributed by atoms with Crippen molar-refractivity contribution in [2.24, 2.45) is 17.3 Å². The number of nitrogens with zero attached hydrogens (tertiary/aromatic N) is 1. The Morgan fingerprint density at radius 3 is 2.67 bits per heavy atom. The summed E-state index contributed by atoms with van der Waals surface area (Å²) in [7, 11) is 0. The molecule has 3 atom stereocenters. The summed E-state index contributed by atoms with van der Waals surface area (Å²) >= 11 is 0. The van der Waals surface area contributed by atoms with Gasteiger partial charge in [0.05, 0.1) is 5.52 Å². The SMILES string of the molecule is CC(Cc1cc2cc([C@H]3C[C@H]3C)ccc2nc1N)C(=O)NCCC(C)(C)C. The summed E-state index contributed by atoms with van der Waals surface area (Å²) < 4.78 is 0. The van der Waals surface area contributed by atoms with Crippen LogP contribution < -0.4 is 11.1 Å². The Morgan fingerprint density at radius 2 is 2.04 bits per heavy atom. The number of amides is 1. The van der Waals surface area contributed by atoms with Gasteiger partial charge in [-0.25, -0.2) is 4.98 Å². The van der Waals surface area contributed by atoms with E-state index in [2.05, 4.69) is 62.3 Å². The number of nitrogens with one attached hydrogen (secondary N) is 1. The molecule has 146 valence electrons. The Balaban J connectivity index is 1.69. The molecule has 1 aromatic carbocycles. The topological polar surface area (TPSA) is 68.0 Å². The normalized spacial score (nSPS) is 20.5. The van der Waals surface area contributed by atoms with Crippen molar-refractivity contribution in [3.63, 3.8) is 0 Å². The molecule has 0 aliphatic heterocycles. The van der Waals surface area contributed by atoms with Gasteiger partial charge in [0.25, 0.3) is 0 Å². The molecular weight excluding hydrogens is 334 g/mol. The van der Waals surface area contributed by atoms with Crippen LogP contribution in [0.2, 0.25) is 0 Å². The van der Waals surface area contributed by atoms with Gasteiger partial charge < -0.3 is 11.1 Å². The van der Waals surface area contributed by atoms with Crippen LogP contribution in [0.5, 0.6) is 0 Å². The number of rotatable bonds is 6. The Kier molecular flexibility index (Phi) is 5.45. The Hall–Kier alpha value is -2.10. The molecule has 1 aromatic heterocycles. The second-order valence-electron chi connectivity index (χ2n) is 9.51. The molecule has 0 radical (unpaired) electrons. The number of nitrogens with two attached hydrogens (primary N) is 1. The summed E-state index contributed by atoms with van der Waals surface area (Å²) in [5.74, 6) is 1.95. The van der Waals surface area contributed by atoms with Gasteiger partial charge in [-0.2, -0.15) is 0 Å². The summed E-state index contributed by atoms with van der Waals surface area (Å²) in [5.41, 5.74) is 9.68. The number of anilines is 1. The lowest BCUT2D eigenvalue weighted by atomic mass is 9.92. The van der Waals surface area contributed by atoms with Crippen molar-refractivity contribution in [3.8, 4) is 0 Å². The van der Waals surface area contributed by atoms with Gasteiger partial charge in [0.15, 0.2) is 0 Å². The number of aromatic nitrogens is 1. The summed E-state index contributed by atoms with van der Waals surface area (Å²) in [6, 6.07) is 8.60. The molecule has 3 rings (SSSR count). The maximum atomic E-state index is 12.4. The van der Waals surface area contributed by atoms with Gasteiger partial charge in [0, 0.05) is 17.8 Å². The number of benzene rings is 1. The number of nitrogen functional groups attached to an aromatic ring is 1. The Labute approximate surface area is 162 Å². The van der Waals surface area contributed by atoms with Crippen molar-refractivity contribution < 1.29 is 4.79 Å². The number of carbonyl (C=O) groups is 1. The predicted molar refractivity (Wildman–Crippen MR) is 113 cm³/mol. The molecule has 1 unspecified atom stereocenters. The maximum Gasteiger partial charge on any atom is 0.223 e. The van der Waals surface area contributed by atoms with Gasteiger partial charge in [-0.1, -0.05) is 40.7 Å². The van der Waals surface area contributed by atoms with Crippen LogP contribution in [0.15, 0.2) is 24.3 Å². The standard InChI is InChI=1S/C23H33N3O/c1-14-11-19(14)16-6-7-20-17(12-16)13-18(21(24)26-20)10-15(2)22(27)25-9-8-23(3,4)5/h6-7,12-15,19H,8-11H2,1-5H3,(H2,24,26)(H,25,27)/t14-,15?,19+/m1/s1. The first-order valence-corrected chi connectivity index (χ1v) is 10.1. The fourth-order valence-electron chi connectivity index (χ4n) is 3.59. The van der Waals surface area contributed by atoms with Gasteiger partial charge >= 0.3 is 0 Å². The fraction of sp³-hybridized carbons (Fsp3) is 0.565. The van der Waals surface area contributed by atoms with Crippen molar-refractivity contribution in [1.29, 1.82) is 0 Å². The average molecular weight is 368 g/mol. The zero-order valence-corrected chi connectivity index (χ0v) is 17.3. The molecule has 1 heterocycles. The lowest BCUT2D eigenvalue weighted by molar-refractivity contribution is -0.124. The first-order chi connectivity index (χ1) is 12.6. The first kappa shape index (κ1) is 19.7. The van der Waals surface area contributed by atoms with Gasteiger partial charge in [-0.05, 0) is 65.8 Å². The molecule has 1 saturated carbocycles. The van der Waals surface area contributed by atoms with E-state index in [-0.39, 0.29) is 17.2 Å². The lowest BCUT2D eigenvalue weighted by Gasteiger charge is -2.19. The van der Waals surface area contributed by atoms with Crippen molar-refractivity contribution in [1.82, 2.24) is 10.3 Å². The second kappa shape index (κ2) is 7.49. The van der Waals surface area contributed by atoms with Crippen molar-refractivity contribution in [3.05, 3.63) is 35.4 Å². The molecule has 4 nitrogen and oxygen atoms in total. The molecule has 1 aliphatic rings. The molecule has 1 aliphatic carbocycles. The molecule has 1 fully saturated rings. The molecular formula is C23H33N3O. The smallest absolute Gasteiger partial charge is 0.223 e.